The Kier molecular flexibility index (Phi) is 10.4. The molecular formula is C70H45N5S. The molecule has 5 nitrogen and oxygen atoms in total. The summed E-state index contributed by atoms with van der Waals surface area (Å²) in [7, 11) is 0. The first-order chi connectivity index (χ1) is 37.7. The molecule has 15 rings (SSSR count). The highest BCUT2D eigenvalue weighted by molar-refractivity contribution is 7.27. The Morgan fingerprint density at radius 3 is 1.29 bits per heavy atom. The number of rotatable bonds is 9. The van der Waals surface area contributed by atoms with E-state index in [4.69, 9.17) is 15.0 Å². The van der Waals surface area contributed by atoms with E-state index in [2.05, 4.69) is 270 Å². The van der Waals surface area contributed by atoms with E-state index in [1.807, 2.05) is 11.3 Å². The number of nitrogens with zero attached hydrogens (tertiary/aromatic N) is 5. The molecule has 0 aliphatic heterocycles. The van der Waals surface area contributed by atoms with Crippen molar-refractivity contribution >= 4 is 75.1 Å². The van der Waals surface area contributed by atoms with Gasteiger partial charge in [-0.25, -0.2) is 15.0 Å². The Balaban J connectivity index is 0.936. The molecule has 4 aromatic heterocycles. The fourth-order valence-corrected chi connectivity index (χ4v) is 12.9. The van der Waals surface area contributed by atoms with Crippen molar-refractivity contribution in [2.24, 2.45) is 0 Å². The van der Waals surface area contributed by atoms with E-state index in [-0.39, 0.29) is 0 Å². The van der Waals surface area contributed by atoms with Crippen LogP contribution in [0.2, 0.25) is 0 Å². The van der Waals surface area contributed by atoms with Crippen molar-refractivity contribution in [1.29, 1.82) is 0 Å². The van der Waals surface area contributed by atoms with Gasteiger partial charge in [0.05, 0.1) is 37.2 Å². The summed E-state index contributed by atoms with van der Waals surface area (Å²) >= 11 is 1.90. The molecule has 0 fully saturated rings. The van der Waals surface area contributed by atoms with Gasteiger partial charge in [-0.1, -0.05) is 224 Å². The van der Waals surface area contributed by atoms with Gasteiger partial charge in [0.25, 0.3) is 0 Å². The summed E-state index contributed by atoms with van der Waals surface area (Å²) < 4.78 is 7.53. The standard InChI is InChI=1S/C70H45N5S/c1-4-20-45(21-5-1)48-27-18-29-51(42-48)69-71-64(72-70(73-69)52-30-19-28-49(43-52)46-22-6-2-7-23-46)44-50-26-10-14-34-60(50)74-62-36-16-12-32-54(62)56-38-40-58-59-41-39-57-55-33-13-17-37-63(55)75(66(57)68(59)76-67(58)65(56)74)61-35-15-11-31-53(61)47-24-8-3-9-25-47/h1-43H,44H2. The Hall–Kier alpha value is -9.75. The zero-order valence-corrected chi connectivity index (χ0v) is 42.0. The number of benzene rings is 11. The quantitative estimate of drug-likeness (QED) is 0.145. The van der Waals surface area contributed by atoms with Crippen LogP contribution in [0.1, 0.15) is 11.4 Å². The van der Waals surface area contributed by atoms with Gasteiger partial charge in [0.2, 0.25) is 0 Å². The molecule has 4 heterocycles. The Morgan fingerprint density at radius 1 is 0.303 bits per heavy atom. The van der Waals surface area contributed by atoms with Crippen molar-refractivity contribution in [3.63, 3.8) is 0 Å². The van der Waals surface area contributed by atoms with Gasteiger partial charge in [0.15, 0.2) is 11.6 Å². The molecule has 0 atom stereocenters. The second-order valence-corrected chi connectivity index (χ2v) is 20.5. The Labute approximate surface area is 442 Å². The predicted molar refractivity (Wildman–Crippen MR) is 318 cm³/mol. The molecule has 0 radical (unpaired) electrons. The van der Waals surface area contributed by atoms with Gasteiger partial charge in [0, 0.05) is 61.1 Å². The van der Waals surface area contributed by atoms with E-state index in [1.165, 1.54) is 69.4 Å². The number of hydrogen-bond acceptors (Lipinski definition) is 4. The minimum absolute atomic E-state index is 0.480. The third-order valence-electron chi connectivity index (χ3n) is 15.0. The van der Waals surface area contributed by atoms with Crippen LogP contribution >= 0.6 is 11.3 Å². The summed E-state index contributed by atoms with van der Waals surface area (Å²) in [4.78, 5) is 15.9. The predicted octanol–water partition coefficient (Wildman–Crippen LogP) is 18.4. The largest absolute Gasteiger partial charge is 0.308 e. The summed E-state index contributed by atoms with van der Waals surface area (Å²) in [5.74, 6) is 1.97. The zero-order chi connectivity index (χ0) is 50.1. The molecule has 11 aromatic carbocycles. The van der Waals surface area contributed by atoms with E-state index < -0.39 is 0 Å². The van der Waals surface area contributed by atoms with Gasteiger partial charge in [-0.05, 0) is 69.8 Å². The van der Waals surface area contributed by atoms with Crippen molar-refractivity contribution in [3.05, 3.63) is 272 Å². The molecule has 0 bridgehead atoms. The topological polar surface area (TPSA) is 48.5 Å². The second kappa shape index (κ2) is 18.0. The van der Waals surface area contributed by atoms with Gasteiger partial charge in [-0.15, -0.1) is 11.3 Å². The van der Waals surface area contributed by atoms with Crippen LogP contribution in [0.5, 0.6) is 0 Å². The molecule has 76 heavy (non-hydrogen) atoms. The van der Waals surface area contributed by atoms with Crippen LogP contribution < -0.4 is 0 Å². The smallest absolute Gasteiger partial charge is 0.163 e. The second-order valence-electron chi connectivity index (χ2n) is 19.5. The highest BCUT2D eigenvalue weighted by Crippen LogP contribution is 2.48. The van der Waals surface area contributed by atoms with Crippen molar-refractivity contribution in [1.82, 2.24) is 24.1 Å². The average Bonchev–Trinajstić information content (AvgIpc) is 4.33. The fraction of sp³-hybridized carbons (Fsp3) is 0.0143. The van der Waals surface area contributed by atoms with E-state index in [9.17, 15) is 0 Å². The number of para-hydroxylation sites is 4. The molecule has 0 aliphatic carbocycles. The summed E-state index contributed by atoms with van der Waals surface area (Å²) in [5, 5.41) is 7.41. The van der Waals surface area contributed by atoms with Crippen LogP contribution in [-0.4, -0.2) is 24.1 Å². The molecular weight excluding hydrogens is 943 g/mol. The van der Waals surface area contributed by atoms with Crippen LogP contribution in [0, 0.1) is 0 Å². The first kappa shape index (κ1) is 43.8. The molecule has 15 aromatic rings. The molecule has 356 valence electrons. The lowest BCUT2D eigenvalue weighted by Crippen LogP contribution is -2.06. The first-order valence-electron chi connectivity index (χ1n) is 25.8. The third kappa shape index (κ3) is 7.25. The van der Waals surface area contributed by atoms with Crippen LogP contribution in [0.25, 0.3) is 131 Å². The summed E-state index contributed by atoms with van der Waals surface area (Å²) in [5.41, 5.74) is 16.9. The molecule has 6 heteroatoms. The lowest BCUT2D eigenvalue weighted by atomic mass is 10.0. The number of thiophene rings is 1. The minimum Gasteiger partial charge on any atom is -0.308 e. The van der Waals surface area contributed by atoms with Crippen molar-refractivity contribution < 1.29 is 0 Å². The van der Waals surface area contributed by atoms with Crippen molar-refractivity contribution in [3.8, 4) is 67.5 Å². The molecule has 0 amide bonds. The maximum atomic E-state index is 5.34. The van der Waals surface area contributed by atoms with Crippen molar-refractivity contribution in [2.45, 2.75) is 6.42 Å². The number of fused-ring (bicyclic) bond motifs is 11. The highest BCUT2D eigenvalue weighted by Gasteiger charge is 2.24. The summed E-state index contributed by atoms with van der Waals surface area (Å²) in [6, 6.07) is 93.6. The molecule has 0 saturated carbocycles. The van der Waals surface area contributed by atoms with Gasteiger partial charge in [-0.3, -0.25) is 0 Å². The van der Waals surface area contributed by atoms with Gasteiger partial charge >= 0.3 is 0 Å². The Bertz CT molecular complexity index is 4620. The SMILES string of the molecule is c1ccc(-c2cccc(-c3nc(Cc4ccccc4-n4c5ccccc5c5ccc6c7ccc8c9ccccc9n(-c9ccccc9-c9ccccc9)c8c7sc6c54)nc(-c4cccc(-c5ccccc5)c4)n3)c2)cc1. The summed E-state index contributed by atoms with van der Waals surface area (Å²) in [6.45, 7) is 0. The van der Waals surface area contributed by atoms with E-state index >= 15 is 0 Å². The van der Waals surface area contributed by atoms with E-state index in [1.54, 1.807) is 0 Å². The lowest BCUT2D eigenvalue weighted by molar-refractivity contribution is 0.925. The van der Waals surface area contributed by atoms with Crippen LogP contribution in [0.15, 0.2) is 261 Å². The molecule has 0 aliphatic rings. The molecule has 0 unspecified atom stereocenters. The molecule has 0 N–H and O–H groups in total. The monoisotopic (exact) mass is 987 g/mol. The maximum Gasteiger partial charge on any atom is 0.163 e. The van der Waals surface area contributed by atoms with Gasteiger partial charge in [-0.2, -0.15) is 0 Å². The maximum absolute atomic E-state index is 5.34. The minimum atomic E-state index is 0.480. The van der Waals surface area contributed by atoms with Crippen LogP contribution in [-0.2, 0) is 6.42 Å². The van der Waals surface area contributed by atoms with E-state index in [0.717, 1.165) is 55.8 Å². The van der Waals surface area contributed by atoms with E-state index in [0.29, 0.717) is 23.9 Å². The van der Waals surface area contributed by atoms with Crippen LogP contribution in [0.3, 0.4) is 0 Å². The number of aromatic nitrogens is 5. The van der Waals surface area contributed by atoms with Crippen LogP contribution in [0.4, 0.5) is 0 Å². The summed E-state index contributed by atoms with van der Waals surface area (Å²) in [6.07, 6.45) is 0.480. The average molecular weight is 988 g/mol. The molecule has 0 saturated heterocycles. The van der Waals surface area contributed by atoms with Gasteiger partial charge in [0.1, 0.15) is 5.82 Å². The zero-order valence-electron chi connectivity index (χ0n) is 41.2. The van der Waals surface area contributed by atoms with Crippen molar-refractivity contribution in [2.75, 3.05) is 0 Å². The number of hydrogen-bond donors (Lipinski definition) is 0. The van der Waals surface area contributed by atoms with Gasteiger partial charge < -0.3 is 9.13 Å². The normalized spacial score (nSPS) is 11.7. The first-order valence-corrected chi connectivity index (χ1v) is 26.6. The fourth-order valence-electron chi connectivity index (χ4n) is 11.6. The molecule has 0 spiro atoms. The third-order valence-corrected chi connectivity index (χ3v) is 16.3. The Morgan fingerprint density at radius 2 is 0.724 bits per heavy atom. The lowest BCUT2D eigenvalue weighted by Gasteiger charge is -2.15. The highest BCUT2D eigenvalue weighted by atomic mass is 32.1.